The van der Waals surface area contributed by atoms with Crippen LogP contribution in [0.3, 0.4) is 0 Å². The van der Waals surface area contributed by atoms with Gasteiger partial charge in [0, 0.05) is 12.5 Å². The van der Waals surface area contributed by atoms with E-state index >= 15 is 0 Å². The zero-order valence-corrected chi connectivity index (χ0v) is 12.0. The molecular formula is C15H20O5. The number of Topliss-reactive ketones (excluding diaryl/α,β-unsaturated/α-hetero) is 1. The second-order valence-corrected chi connectivity index (χ2v) is 4.23. The van der Waals surface area contributed by atoms with Gasteiger partial charge in [-0.15, -0.1) is 0 Å². The molecule has 0 saturated carbocycles. The molecule has 110 valence electrons. The third kappa shape index (κ3) is 4.91. The zero-order valence-electron chi connectivity index (χ0n) is 12.0. The predicted octanol–water partition coefficient (Wildman–Crippen LogP) is 2.23. The highest BCUT2D eigenvalue weighted by atomic mass is 16.5. The van der Waals surface area contributed by atoms with Crippen LogP contribution in [0.1, 0.15) is 20.3 Å². The molecule has 0 radical (unpaired) electrons. The molecule has 0 saturated heterocycles. The van der Waals surface area contributed by atoms with Gasteiger partial charge in [0.2, 0.25) is 0 Å². The average Bonchev–Trinajstić information content (AvgIpc) is 2.43. The van der Waals surface area contributed by atoms with E-state index in [1.54, 1.807) is 26.2 Å². The summed E-state index contributed by atoms with van der Waals surface area (Å²) in [6.45, 7) is 3.62. The second kappa shape index (κ2) is 8.19. The Bertz CT molecular complexity index is 455. The van der Waals surface area contributed by atoms with Gasteiger partial charge in [-0.05, 0) is 26.0 Å². The van der Waals surface area contributed by atoms with Crippen molar-refractivity contribution < 1.29 is 23.8 Å². The maximum absolute atomic E-state index is 11.6. The minimum atomic E-state index is -0.763. The van der Waals surface area contributed by atoms with Crippen LogP contribution in [-0.4, -0.2) is 32.1 Å². The first-order valence-electron chi connectivity index (χ1n) is 6.52. The molecule has 0 aromatic heterocycles. The van der Waals surface area contributed by atoms with Crippen molar-refractivity contribution in [3.8, 4) is 11.5 Å². The molecule has 1 unspecified atom stereocenters. The molecule has 0 aliphatic rings. The first-order valence-corrected chi connectivity index (χ1v) is 6.52. The molecule has 1 aromatic carbocycles. The van der Waals surface area contributed by atoms with E-state index in [-0.39, 0.29) is 19.0 Å². The SMILES string of the molecule is CCOC(=O)C(CCOc1cccc(OC)c1)C(C)=O. The lowest BCUT2D eigenvalue weighted by Crippen LogP contribution is -2.26. The molecule has 0 fully saturated rings. The van der Waals surface area contributed by atoms with Crippen molar-refractivity contribution >= 4 is 11.8 Å². The first kappa shape index (κ1) is 16.0. The van der Waals surface area contributed by atoms with Crippen LogP contribution in [0.5, 0.6) is 11.5 Å². The number of methoxy groups -OCH3 is 1. The number of carbonyl (C=O) groups is 2. The minimum Gasteiger partial charge on any atom is -0.497 e. The lowest BCUT2D eigenvalue weighted by molar-refractivity contribution is -0.151. The quantitative estimate of drug-likeness (QED) is 0.540. The van der Waals surface area contributed by atoms with Gasteiger partial charge in [-0.25, -0.2) is 0 Å². The van der Waals surface area contributed by atoms with E-state index in [1.807, 2.05) is 12.1 Å². The van der Waals surface area contributed by atoms with Crippen molar-refractivity contribution in [1.82, 2.24) is 0 Å². The predicted molar refractivity (Wildman–Crippen MR) is 73.9 cm³/mol. The van der Waals surface area contributed by atoms with E-state index in [1.165, 1.54) is 6.92 Å². The fourth-order valence-corrected chi connectivity index (χ4v) is 1.72. The number of esters is 1. The molecule has 0 bridgehead atoms. The van der Waals surface area contributed by atoms with Crippen LogP contribution in [0.15, 0.2) is 24.3 Å². The second-order valence-electron chi connectivity index (χ2n) is 4.23. The summed E-state index contributed by atoms with van der Waals surface area (Å²) in [6, 6.07) is 7.15. The maximum atomic E-state index is 11.6. The van der Waals surface area contributed by atoms with E-state index in [2.05, 4.69) is 0 Å². The Balaban J connectivity index is 2.51. The van der Waals surface area contributed by atoms with Gasteiger partial charge in [-0.2, -0.15) is 0 Å². The summed E-state index contributed by atoms with van der Waals surface area (Å²) in [7, 11) is 1.58. The number of hydrogen-bond donors (Lipinski definition) is 0. The molecule has 1 aromatic rings. The van der Waals surface area contributed by atoms with E-state index in [0.29, 0.717) is 17.9 Å². The monoisotopic (exact) mass is 280 g/mol. The molecule has 0 aliphatic carbocycles. The lowest BCUT2D eigenvalue weighted by atomic mass is 10.0. The molecule has 0 amide bonds. The van der Waals surface area contributed by atoms with Crippen molar-refractivity contribution in [2.45, 2.75) is 20.3 Å². The van der Waals surface area contributed by atoms with Gasteiger partial charge < -0.3 is 14.2 Å². The molecular weight excluding hydrogens is 260 g/mol. The third-order valence-corrected chi connectivity index (χ3v) is 2.78. The molecule has 0 N–H and O–H groups in total. The Kier molecular flexibility index (Phi) is 6.56. The number of ketones is 1. The standard InChI is InChI=1S/C15H20O5/c1-4-19-15(17)14(11(2)16)8-9-20-13-7-5-6-12(10-13)18-3/h5-7,10,14H,4,8-9H2,1-3H3. The summed E-state index contributed by atoms with van der Waals surface area (Å²) < 4.78 is 15.5. The van der Waals surface area contributed by atoms with Gasteiger partial charge in [-0.3, -0.25) is 9.59 Å². The smallest absolute Gasteiger partial charge is 0.316 e. The van der Waals surface area contributed by atoms with Crippen molar-refractivity contribution in [2.75, 3.05) is 20.3 Å². The van der Waals surface area contributed by atoms with E-state index < -0.39 is 11.9 Å². The van der Waals surface area contributed by atoms with Crippen LogP contribution >= 0.6 is 0 Å². The van der Waals surface area contributed by atoms with Crippen LogP contribution in [0.4, 0.5) is 0 Å². The van der Waals surface area contributed by atoms with Gasteiger partial charge in [-0.1, -0.05) is 6.07 Å². The molecule has 0 aliphatic heterocycles. The van der Waals surface area contributed by atoms with Gasteiger partial charge >= 0.3 is 5.97 Å². The number of hydrogen-bond acceptors (Lipinski definition) is 5. The number of ether oxygens (including phenoxy) is 3. The van der Waals surface area contributed by atoms with Gasteiger partial charge in [0.15, 0.2) is 0 Å². The third-order valence-electron chi connectivity index (χ3n) is 2.78. The molecule has 5 heteroatoms. The van der Waals surface area contributed by atoms with Gasteiger partial charge in [0.1, 0.15) is 23.2 Å². The van der Waals surface area contributed by atoms with Crippen LogP contribution < -0.4 is 9.47 Å². The molecule has 5 nitrogen and oxygen atoms in total. The highest BCUT2D eigenvalue weighted by molar-refractivity contribution is 5.97. The Morgan fingerprint density at radius 1 is 1.25 bits per heavy atom. The average molecular weight is 280 g/mol. The fourth-order valence-electron chi connectivity index (χ4n) is 1.72. The van der Waals surface area contributed by atoms with Gasteiger partial charge in [0.05, 0.1) is 20.3 Å². The van der Waals surface area contributed by atoms with Crippen LogP contribution in [0, 0.1) is 5.92 Å². The Morgan fingerprint density at radius 3 is 2.55 bits per heavy atom. The summed E-state index contributed by atoms with van der Waals surface area (Å²) in [5, 5.41) is 0. The summed E-state index contributed by atoms with van der Waals surface area (Å²) in [5.74, 6) is -0.140. The van der Waals surface area contributed by atoms with Gasteiger partial charge in [0.25, 0.3) is 0 Å². The Hall–Kier alpha value is -2.04. The summed E-state index contributed by atoms with van der Waals surface area (Å²) >= 11 is 0. The molecule has 20 heavy (non-hydrogen) atoms. The molecule has 0 heterocycles. The summed E-state index contributed by atoms with van der Waals surface area (Å²) in [4.78, 5) is 23.0. The Labute approximate surface area is 118 Å². The summed E-state index contributed by atoms with van der Waals surface area (Å²) in [6.07, 6.45) is 0.297. The molecule has 0 spiro atoms. The Morgan fingerprint density at radius 2 is 1.95 bits per heavy atom. The van der Waals surface area contributed by atoms with Crippen molar-refractivity contribution in [2.24, 2.45) is 5.92 Å². The van der Waals surface area contributed by atoms with Crippen LogP contribution in [-0.2, 0) is 14.3 Å². The highest BCUT2D eigenvalue weighted by Gasteiger charge is 2.24. The van der Waals surface area contributed by atoms with Crippen molar-refractivity contribution in [3.05, 3.63) is 24.3 Å². The topological polar surface area (TPSA) is 61.8 Å². The van der Waals surface area contributed by atoms with Crippen LogP contribution in [0.25, 0.3) is 0 Å². The van der Waals surface area contributed by atoms with E-state index in [9.17, 15) is 9.59 Å². The highest BCUT2D eigenvalue weighted by Crippen LogP contribution is 2.19. The van der Waals surface area contributed by atoms with E-state index in [4.69, 9.17) is 14.2 Å². The number of rotatable bonds is 8. The normalized spacial score (nSPS) is 11.6. The number of carbonyl (C=O) groups excluding carboxylic acids is 2. The lowest BCUT2D eigenvalue weighted by Gasteiger charge is -2.13. The zero-order chi connectivity index (χ0) is 15.0. The van der Waals surface area contributed by atoms with Crippen molar-refractivity contribution in [3.63, 3.8) is 0 Å². The fraction of sp³-hybridized carbons (Fsp3) is 0.467. The maximum Gasteiger partial charge on any atom is 0.316 e. The van der Waals surface area contributed by atoms with Crippen molar-refractivity contribution in [1.29, 1.82) is 0 Å². The van der Waals surface area contributed by atoms with E-state index in [0.717, 1.165) is 0 Å². The number of benzene rings is 1. The molecule has 1 rings (SSSR count). The minimum absolute atomic E-state index is 0.210. The first-order chi connectivity index (χ1) is 9.58. The largest absolute Gasteiger partial charge is 0.497 e. The van der Waals surface area contributed by atoms with Crippen LogP contribution in [0.2, 0.25) is 0 Å². The summed E-state index contributed by atoms with van der Waals surface area (Å²) in [5.41, 5.74) is 0. The molecule has 1 atom stereocenters.